The molecule has 1 N–H and O–H groups in total. The number of aryl methyl sites for hydroxylation is 1. The Morgan fingerprint density at radius 1 is 1.20 bits per heavy atom. The summed E-state index contributed by atoms with van der Waals surface area (Å²) in [4.78, 5) is 13.9. The SMILES string of the molecule is Cc1cc(CN(C)C(=O)NC(C)Cc2ccc3ccccc3c2)no1. The van der Waals surface area contributed by atoms with Crippen LogP contribution >= 0.6 is 0 Å². The van der Waals surface area contributed by atoms with E-state index in [1.54, 1.807) is 11.9 Å². The van der Waals surface area contributed by atoms with Gasteiger partial charge in [0.15, 0.2) is 0 Å². The Labute approximate surface area is 147 Å². The zero-order chi connectivity index (χ0) is 17.8. The number of carbonyl (C=O) groups is 1. The first-order valence-electron chi connectivity index (χ1n) is 8.43. The average Bonchev–Trinajstić information content (AvgIpc) is 2.99. The largest absolute Gasteiger partial charge is 0.361 e. The molecule has 0 bridgehead atoms. The molecular weight excluding hydrogens is 314 g/mol. The van der Waals surface area contributed by atoms with E-state index in [2.05, 4.69) is 40.8 Å². The van der Waals surface area contributed by atoms with Crippen molar-refractivity contribution in [3.63, 3.8) is 0 Å². The standard InChI is InChI=1S/C20H23N3O2/c1-14(10-16-8-9-17-6-4-5-7-18(17)12-16)21-20(24)23(3)13-19-11-15(2)25-22-19/h4-9,11-12,14H,10,13H2,1-3H3,(H,21,24). The molecule has 0 aliphatic rings. The lowest BCUT2D eigenvalue weighted by atomic mass is 10.0. The number of nitrogens with zero attached hydrogens (tertiary/aromatic N) is 2. The monoisotopic (exact) mass is 337 g/mol. The van der Waals surface area contributed by atoms with E-state index in [1.165, 1.54) is 16.3 Å². The average molecular weight is 337 g/mol. The maximum absolute atomic E-state index is 12.3. The van der Waals surface area contributed by atoms with Crippen LogP contribution in [0.25, 0.3) is 10.8 Å². The van der Waals surface area contributed by atoms with Crippen LogP contribution in [0.5, 0.6) is 0 Å². The summed E-state index contributed by atoms with van der Waals surface area (Å²) in [7, 11) is 1.75. The maximum atomic E-state index is 12.3. The van der Waals surface area contributed by atoms with Crippen molar-refractivity contribution in [2.45, 2.75) is 32.9 Å². The Kier molecular flexibility index (Phi) is 5.03. The van der Waals surface area contributed by atoms with Gasteiger partial charge in [-0.25, -0.2) is 4.79 Å². The van der Waals surface area contributed by atoms with Crippen molar-refractivity contribution in [3.8, 4) is 0 Å². The molecule has 2 aromatic carbocycles. The van der Waals surface area contributed by atoms with Crippen molar-refractivity contribution in [2.75, 3.05) is 7.05 Å². The molecule has 1 aromatic heterocycles. The predicted octanol–water partition coefficient (Wildman–Crippen LogP) is 3.91. The van der Waals surface area contributed by atoms with Crippen LogP contribution in [0, 0.1) is 6.92 Å². The Morgan fingerprint density at radius 2 is 1.96 bits per heavy atom. The van der Waals surface area contributed by atoms with Crippen LogP contribution < -0.4 is 5.32 Å². The Morgan fingerprint density at radius 3 is 2.68 bits per heavy atom. The van der Waals surface area contributed by atoms with E-state index in [0.717, 1.165) is 17.9 Å². The summed E-state index contributed by atoms with van der Waals surface area (Å²) < 4.78 is 5.03. The number of amides is 2. The second-order valence-electron chi connectivity index (χ2n) is 6.52. The third kappa shape index (κ3) is 4.38. The summed E-state index contributed by atoms with van der Waals surface area (Å²) in [5.74, 6) is 0.744. The number of nitrogens with one attached hydrogen (secondary N) is 1. The summed E-state index contributed by atoms with van der Waals surface area (Å²) in [6.45, 7) is 4.27. The molecule has 130 valence electrons. The van der Waals surface area contributed by atoms with Gasteiger partial charge in [-0.1, -0.05) is 47.6 Å². The molecule has 0 spiro atoms. The quantitative estimate of drug-likeness (QED) is 0.768. The highest BCUT2D eigenvalue weighted by atomic mass is 16.5. The summed E-state index contributed by atoms with van der Waals surface area (Å²) >= 11 is 0. The van der Waals surface area contributed by atoms with Crippen LogP contribution in [0.4, 0.5) is 4.79 Å². The lowest BCUT2D eigenvalue weighted by molar-refractivity contribution is 0.202. The molecule has 25 heavy (non-hydrogen) atoms. The van der Waals surface area contributed by atoms with E-state index >= 15 is 0 Å². The lowest BCUT2D eigenvalue weighted by Crippen LogP contribution is -2.42. The highest BCUT2D eigenvalue weighted by Crippen LogP contribution is 2.16. The van der Waals surface area contributed by atoms with Gasteiger partial charge in [-0.15, -0.1) is 0 Å². The first-order valence-corrected chi connectivity index (χ1v) is 8.43. The van der Waals surface area contributed by atoms with Crippen molar-refractivity contribution in [2.24, 2.45) is 0 Å². The second kappa shape index (κ2) is 7.38. The molecule has 0 aliphatic carbocycles. The maximum Gasteiger partial charge on any atom is 0.317 e. The van der Waals surface area contributed by atoms with E-state index in [-0.39, 0.29) is 12.1 Å². The number of fused-ring (bicyclic) bond motifs is 1. The van der Waals surface area contributed by atoms with Gasteiger partial charge in [-0.05, 0) is 36.6 Å². The van der Waals surface area contributed by atoms with Gasteiger partial charge < -0.3 is 14.7 Å². The molecule has 1 unspecified atom stereocenters. The van der Waals surface area contributed by atoms with Crippen LogP contribution in [0.15, 0.2) is 53.1 Å². The Bertz CT molecular complexity index is 872. The number of aromatic nitrogens is 1. The highest BCUT2D eigenvalue weighted by Gasteiger charge is 2.14. The second-order valence-corrected chi connectivity index (χ2v) is 6.52. The summed E-state index contributed by atoms with van der Waals surface area (Å²) in [6, 6.07) is 16.5. The smallest absolute Gasteiger partial charge is 0.317 e. The third-order valence-corrected chi connectivity index (χ3v) is 4.15. The van der Waals surface area contributed by atoms with Crippen LogP contribution in [0.1, 0.15) is 23.9 Å². The number of benzene rings is 2. The molecule has 1 heterocycles. The molecule has 0 aliphatic heterocycles. The van der Waals surface area contributed by atoms with Crippen molar-refractivity contribution in [1.82, 2.24) is 15.4 Å². The summed E-state index contributed by atoms with van der Waals surface area (Å²) in [6.07, 6.45) is 0.785. The van der Waals surface area contributed by atoms with Crippen LogP contribution in [-0.4, -0.2) is 29.2 Å². The van der Waals surface area contributed by atoms with Gasteiger partial charge in [0, 0.05) is 19.2 Å². The molecule has 5 heteroatoms. The fourth-order valence-corrected chi connectivity index (χ4v) is 2.90. The number of rotatable bonds is 5. The molecule has 5 nitrogen and oxygen atoms in total. The fourth-order valence-electron chi connectivity index (χ4n) is 2.90. The van der Waals surface area contributed by atoms with Gasteiger partial charge in [-0.3, -0.25) is 0 Å². The van der Waals surface area contributed by atoms with Gasteiger partial charge >= 0.3 is 6.03 Å². The highest BCUT2D eigenvalue weighted by molar-refractivity contribution is 5.83. The van der Waals surface area contributed by atoms with E-state index in [1.807, 2.05) is 32.0 Å². The first-order chi connectivity index (χ1) is 12.0. The summed E-state index contributed by atoms with van der Waals surface area (Å²) in [5, 5.41) is 9.40. The van der Waals surface area contributed by atoms with Crippen molar-refractivity contribution < 1.29 is 9.32 Å². The first kappa shape index (κ1) is 17.0. The van der Waals surface area contributed by atoms with Gasteiger partial charge in [0.2, 0.25) is 0 Å². The van der Waals surface area contributed by atoms with Crippen LogP contribution in [-0.2, 0) is 13.0 Å². The van der Waals surface area contributed by atoms with Crippen LogP contribution in [0.2, 0.25) is 0 Å². The molecule has 0 fully saturated rings. The van der Waals surface area contributed by atoms with E-state index in [9.17, 15) is 4.79 Å². The minimum absolute atomic E-state index is 0.0372. The summed E-state index contributed by atoms with van der Waals surface area (Å²) in [5.41, 5.74) is 1.96. The van der Waals surface area contributed by atoms with E-state index < -0.39 is 0 Å². The van der Waals surface area contributed by atoms with Crippen molar-refractivity contribution in [1.29, 1.82) is 0 Å². The number of urea groups is 1. The van der Waals surface area contributed by atoms with E-state index in [4.69, 9.17) is 4.52 Å². The minimum Gasteiger partial charge on any atom is -0.361 e. The topological polar surface area (TPSA) is 58.4 Å². The molecule has 1 atom stereocenters. The molecule has 0 radical (unpaired) electrons. The zero-order valence-electron chi connectivity index (χ0n) is 14.8. The van der Waals surface area contributed by atoms with Crippen molar-refractivity contribution >= 4 is 16.8 Å². The number of hydrogen-bond acceptors (Lipinski definition) is 3. The number of hydrogen-bond donors (Lipinski definition) is 1. The van der Waals surface area contributed by atoms with Gasteiger partial charge in [-0.2, -0.15) is 0 Å². The predicted molar refractivity (Wildman–Crippen MR) is 98.4 cm³/mol. The molecule has 3 rings (SSSR count). The van der Waals surface area contributed by atoms with Gasteiger partial charge in [0.05, 0.1) is 6.54 Å². The van der Waals surface area contributed by atoms with Gasteiger partial charge in [0.25, 0.3) is 0 Å². The van der Waals surface area contributed by atoms with E-state index in [0.29, 0.717) is 6.54 Å². The zero-order valence-corrected chi connectivity index (χ0v) is 14.8. The van der Waals surface area contributed by atoms with Crippen molar-refractivity contribution in [3.05, 3.63) is 65.5 Å². The van der Waals surface area contributed by atoms with Crippen LogP contribution in [0.3, 0.4) is 0 Å². The van der Waals surface area contributed by atoms with Gasteiger partial charge in [0.1, 0.15) is 11.5 Å². The Hall–Kier alpha value is -2.82. The minimum atomic E-state index is -0.117. The number of carbonyl (C=O) groups excluding carboxylic acids is 1. The lowest BCUT2D eigenvalue weighted by Gasteiger charge is -2.20. The molecule has 0 saturated heterocycles. The molecule has 3 aromatic rings. The fraction of sp³-hybridized carbons (Fsp3) is 0.300. The molecular formula is C20H23N3O2. The molecule has 2 amide bonds. The Balaban J connectivity index is 1.56. The normalized spacial score (nSPS) is 12.1. The third-order valence-electron chi connectivity index (χ3n) is 4.15. The molecule has 0 saturated carbocycles.